The number of benzene rings is 1. The molecule has 0 aromatic heterocycles. The zero-order chi connectivity index (χ0) is 11.7. The fourth-order valence-corrected chi connectivity index (χ4v) is 1.75. The summed E-state index contributed by atoms with van der Waals surface area (Å²) in [4.78, 5) is 11.3. The molecule has 2 rings (SSSR count). The molecule has 1 aliphatic rings. The van der Waals surface area contributed by atoms with Crippen molar-refractivity contribution in [1.82, 2.24) is 5.32 Å². The highest BCUT2D eigenvalue weighted by Gasteiger charge is 2.21. The molecule has 0 fully saturated rings. The van der Waals surface area contributed by atoms with Crippen molar-refractivity contribution >= 4 is 11.5 Å². The summed E-state index contributed by atoms with van der Waals surface area (Å²) in [5.74, 6) is 0.480. The fourth-order valence-electron chi connectivity index (χ4n) is 1.75. The first kappa shape index (κ1) is 10.5. The summed E-state index contributed by atoms with van der Waals surface area (Å²) in [5.41, 5.74) is 1.87. The molecule has 4 nitrogen and oxygen atoms in total. The Balaban J connectivity index is 2.55. The number of hydrogen-bond donors (Lipinski definition) is 2. The molecule has 1 heterocycles. The van der Waals surface area contributed by atoms with Gasteiger partial charge in [-0.25, -0.2) is 0 Å². The van der Waals surface area contributed by atoms with E-state index in [-0.39, 0.29) is 17.2 Å². The van der Waals surface area contributed by atoms with Crippen molar-refractivity contribution in [1.29, 1.82) is 0 Å². The molecule has 4 heteroatoms. The van der Waals surface area contributed by atoms with Gasteiger partial charge in [0.15, 0.2) is 5.78 Å². The van der Waals surface area contributed by atoms with Gasteiger partial charge >= 0.3 is 0 Å². The Morgan fingerprint density at radius 1 is 1.50 bits per heavy atom. The molecular formula is C12H13NO3. The third-order valence-corrected chi connectivity index (χ3v) is 2.62. The van der Waals surface area contributed by atoms with Gasteiger partial charge in [-0.2, -0.15) is 0 Å². The number of hydrogen-bond acceptors (Lipinski definition) is 4. The highest BCUT2D eigenvalue weighted by Crippen LogP contribution is 2.28. The summed E-state index contributed by atoms with van der Waals surface area (Å²) >= 11 is 0. The molecule has 0 radical (unpaired) electrons. The van der Waals surface area contributed by atoms with Crippen LogP contribution < -0.4 is 10.1 Å². The number of nitrogens with one attached hydrogen (secondary N) is 1. The van der Waals surface area contributed by atoms with Gasteiger partial charge in [-0.3, -0.25) is 4.79 Å². The van der Waals surface area contributed by atoms with Gasteiger partial charge in [0.05, 0.1) is 7.11 Å². The third kappa shape index (κ3) is 1.62. The number of carbonyl (C=O) groups is 1. The van der Waals surface area contributed by atoms with Crippen LogP contribution in [0.5, 0.6) is 5.75 Å². The molecular weight excluding hydrogens is 206 g/mol. The predicted octanol–water partition coefficient (Wildman–Crippen LogP) is 1.61. The van der Waals surface area contributed by atoms with Gasteiger partial charge < -0.3 is 15.2 Å². The van der Waals surface area contributed by atoms with Gasteiger partial charge in [-0.05, 0) is 17.7 Å². The second kappa shape index (κ2) is 3.89. The van der Waals surface area contributed by atoms with Crippen LogP contribution in [0.4, 0.5) is 0 Å². The Morgan fingerprint density at radius 3 is 2.88 bits per heavy atom. The average molecular weight is 219 g/mol. The molecule has 2 N–H and O–H groups in total. The summed E-state index contributed by atoms with van der Waals surface area (Å²) in [6.07, 6.45) is 0. The third-order valence-electron chi connectivity index (χ3n) is 2.62. The van der Waals surface area contributed by atoms with Gasteiger partial charge in [0.2, 0.25) is 0 Å². The maximum Gasteiger partial charge on any atom is 0.179 e. The van der Waals surface area contributed by atoms with Crippen molar-refractivity contribution in [3.63, 3.8) is 0 Å². The Bertz CT molecular complexity index is 477. The van der Waals surface area contributed by atoms with Crippen LogP contribution in [0.1, 0.15) is 18.1 Å². The number of carbonyl (C=O) groups excluding carboxylic acids is 1. The summed E-state index contributed by atoms with van der Waals surface area (Å²) < 4.78 is 5.09. The number of aliphatic hydroxyl groups excluding tert-OH is 1. The van der Waals surface area contributed by atoms with Gasteiger partial charge in [0, 0.05) is 19.0 Å². The fraction of sp³-hybridized carbons (Fsp3) is 0.250. The minimum atomic E-state index is -0.175. The average Bonchev–Trinajstić information content (AvgIpc) is 2.28. The molecule has 16 heavy (non-hydrogen) atoms. The number of rotatable bonds is 2. The summed E-state index contributed by atoms with van der Waals surface area (Å²) in [6.45, 7) is 1.96. The second-order valence-electron chi connectivity index (χ2n) is 3.66. The lowest BCUT2D eigenvalue weighted by atomic mass is 9.99. The maximum absolute atomic E-state index is 11.3. The monoisotopic (exact) mass is 219 g/mol. The zero-order valence-corrected chi connectivity index (χ0v) is 9.20. The van der Waals surface area contributed by atoms with E-state index in [2.05, 4.69) is 5.32 Å². The minimum Gasteiger partial charge on any atom is -0.505 e. The lowest BCUT2D eigenvalue weighted by molar-refractivity contribution is -0.114. The quantitative estimate of drug-likeness (QED) is 0.793. The SMILES string of the molecule is COc1ccc2c(c1)C(O)=C(C(C)=O)NC2. The molecule has 0 amide bonds. The van der Waals surface area contributed by atoms with Crippen LogP contribution in [-0.2, 0) is 11.3 Å². The van der Waals surface area contributed by atoms with Crippen LogP contribution in [-0.4, -0.2) is 18.0 Å². The number of ketones is 1. The van der Waals surface area contributed by atoms with Crippen molar-refractivity contribution in [2.75, 3.05) is 7.11 Å². The molecule has 0 spiro atoms. The lowest BCUT2D eigenvalue weighted by Crippen LogP contribution is -2.25. The van der Waals surface area contributed by atoms with Crippen molar-refractivity contribution in [2.45, 2.75) is 13.5 Å². The topological polar surface area (TPSA) is 58.6 Å². The van der Waals surface area contributed by atoms with Crippen molar-refractivity contribution in [3.05, 3.63) is 35.0 Å². The van der Waals surface area contributed by atoms with E-state index in [1.165, 1.54) is 6.92 Å². The maximum atomic E-state index is 11.3. The van der Waals surface area contributed by atoms with E-state index in [1.54, 1.807) is 13.2 Å². The second-order valence-corrected chi connectivity index (χ2v) is 3.66. The Hall–Kier alpha value is -1.97. The van der Waals surface area contributed by atoms with E-state index < -0.39 is 0 Å². The van der Waals surface area contributed by atoms with Crippen molar-refractivity contribution < 1.29 is 14.6 Å². The highest BCUT2D eigenvalue weighted by molar-refractivity contribution is 5.99. The van der Waals surface area contributed by atoms with Crippen molar-refractivity contribution in [3.8, 4) is 5.75 Å². The van der Waals surface area contributed by atoms with Gasteiger partial charge in [-0.1, -0.05) is 6.07 Å². The van der Waals surface area contributed by atoms with E-state index in [1.807, 2.05) is 12.1 Å². The number of ether oxygens (including phenoxy) is 1. The number of aliphatic hydroxyl groups is 1. The van der Waals surface area contributed by atoms with Crippen LogP contribution in [0, 0.1) is 0 Å². The van der Waals surface area contributed by atoms with E-state index in [9.17, 15) is 9.90 Å². The van der Waals surface area contributed by atoms with Crippen LogP contribution in [0.25, 0.3) is 5.76 Å². The standard InChI is InChI=1S/C12H13NO3/c1-7(14)11-12(15)10-5-9(16-2)4-3-8(10)6-13-11/h3-5,13,15H,6H2,1-2H3. The van der Waals surface area contributed by atoms with Gasteiger partial charge in [-0.15, -0.1) is 0 Å². The predicted molar refractivity (Wildman–Crippen MR) is 60.1 cm³/mol. The largest absolute Gasteiger partial charge is 0.505 e. The van der Waals surface area contributed by atoms with E-state index in [4.69, 9.17) is 4.74 Å². The molecule has 0 saturated carbocycles. The normalized spacial score (nSPS) is 14.1. The van der Waals surface area contributed by atoms with Gasteiger partial charge in [0.25, 0.3) is 0 Å². The first-order valence-electron chi connectivity index (χ1n) is 4.99. The molecule has 84 valence electrons. The van der Waals surface area contributed by atoms with Crippen LogP contribution in [0.3, 0.4) is 0 Å². The smallest absolute Gasteiger partial charge is 0.179 e. The van der Waals surface area contributed by atoms with Crippen LogP contribution >= 0.6 is 0 Å². The zero-order valence-electron chi connectivity index (χ0n) is 9.20. The number of methoxy groups -OCH3 is 1. The molecule has 0 atom stereocenters. The minimum absolute atomic E-state index is 0.00681. The Morgan fingerprint density at radius 2 is 2.25 bits per heavy atom. The number of Topliss-reactive ketones (excluding diaryl/α,β-unsaturated/α-hetero) is 1. The highest BCUT2D eigenvalue weighted by atomic mass is 16.5. The Kier molecular flexibility index (Phi) is 2.56. The summed E-state index contributed by atoms with van der Waals surface area (Å²) in [5, 5.41) is 12.9. The van der Waals surface area contributed by atoms with Crippen LogP contribution in [0.2, 0.25) is 0 Å². The van der Waals surface area contributed by atoms with E-state index in [0.29, 0.717) is 17.9 Å². The Labute approximate surface area is 93.5 Å². The molecule has 0 unspecified atom stereocenters. The van der Waals surface area contributed by atoms with Crippen LogP contribution in [0.15, 0.2) is 23.9 Å². The summed E-state index contributed by atoms with van der Waals surface area (Å²) in [6, 6.07) is 5.43. The van der Waals surface area contributed by atoms with Gasteiger partial charge in [0.1, 0.15) is 17.2 Å². The first-order valence-corrected chi connectivity index (χ1v) is 4.99. The lowest BCUT2D eigenvalue weighted by Gasteiger charge is -2.20. The van der Waals surface area contributed by atoms with Crippen molar-refractivity contribution in [2.24, 2.45) is 0 Å². The van der Waals surface area contributed by atoms with E-state index in [0.717, 1.165) is 5.56 Å². The molecule has 1 aromatic rings. The molecule has 1 aromatic carbocycles. The molecule has 1 aliphatic heterocycles. The number of fused-ring (bicyclic) bond motifs is 1. The molecule has 0 aliphatic carbocycles. The van der Waals surface area contributed by atoms with E-state index >= 15 is 0 Å². The first-order chi connectivity index (χ1) is 7.63. The summed E-state index contributed by atoms with van der Waals surface area (Å²) in [7, 11) is 1.56. The molecule has 0 saturated heterocycles. The molecule has 0 bridgehead atoms. The number of allylic oxidation sites excluding steroid dienone is 1.